The average Bonchev–Trinajstić information content (AvgIpc) is 2.01. The summed E-state index contributed by atoms with van der Waals surface area (Å²) in [6, 6.07) is 0. The third-order valence-electron chi connectivity index (χ3n) is 2.06. The molecule has 0 fully saturated rings. The molecule has 0 saturated carbocycles. The van der Waals surface area contributed by atoms with E-state index in [1.54, 1.807) is 7.05 Å². The van der Waals surface area contributed by atoms with Crippen molar-refractivity contribution >= 4 is 22.6 Å². The number of alkyl halides is 1. The predicted octanol–water partition coefficient (Wildman–Crippen LogP) is 1.42. The van der Waals surface area contributed by atoms with Gasteiger partial charge in [0, 0.05) is 25.1 Å². The van der Waals surface area contributed by atoms with E-state index in [4.69, 9.17) is 5.90 Å². The highest BCUT2D eigenvalue weighted by Crippen LogP contribution is 2.22. The largest absolute Gasteiger partial charge is 0.220 e. The fraction of sp³-hybridized carbons (Fsp3) is 1.00. The first-order valence-electron chi connectivity index (χ1n) is 4.30. The Labute approximate surface area is 94.4 Å². The van der Waals surface area contributed by atoms with Crippen molar-refractivity contribution in [1.82, 2.24) is 10.2 Å². The predicted molar refractivity (Wildman–Crippen MR) is 63.0 cm³/mol. The first-order chi connectivity index (χ1) is 5.93. The second kappa shape index (κ2) is 6.13. The molecule has 0 unspecified atom stereocenters. The van der Waals surface area contributed by atoms with Gasteiger partial charge in [-0.05, 0) is 11.8 Å². The molecule has 0 aromatic carbocycles. The summed E-state index contributed by atoms with van der Waals surface area (Å²) in [6.07, 6.45) is 1.19. The van der Waals surface area contributed by atoms with Crippen molar-refractivity contribution < 1.29 is 4.94 Å². The fourth-order valence-electron chi connectivity index (χ4n) is 1.13. The molecule has 0 aromatic heterocycles. The third kappa shape index (κ3) is 5.79. The third-order valence-corrected chi connectivity index (χ3v) is 2.60. The van der Waals surface area contributed by atoms with Crippen LogP contribution in [0.1, 0.15) is 20.3 Å². The molecule has 0 rings (SSSR count). The first kappa shape index (κ1) is 13.6. The summed E-state index contributed by atoms with van der Waals surface area (Å²) in [5.74, 6) is 5.05. The molecular formula is C8H20IN3O. The van der Waals surface area contributed by atoms with E-state index in [9.17, 15) is 0 Å². The molecule has 0 saturated heterocycles. The van der Waals surface area contributed by atoms with Gasteiger partial charge in [-0.2, -0.15) is 10.8 Å². The lowest BCUT2D eigenvalue weighted by atomic mass is 9.90. The maximum atomic E-state index is 5.05. The van der Waals surface area contributed by atoms with Crippen LogP contribution >= 0.6 is 22.6 Å². The lowest BCUT2D eigenvalue weighted by molar-refractivity contribution is -0.269. The standard InChI is InChI=1S/C8H20IN3O/c1-8(2,5-6-9)7-11(3)12(4)13-10/h5-7,10H2,1-4H3. The number of halogens is 1. The van der Waals surface area contributed by atoms with Gasteiger partial charge in [0.2, 0.25) is 0 Å². The number of nitrogens with two attached hydrogens (primary N) is 1. The monoisotopic (exact) mass is 301 g/mol. The van der Waals surface area contributed by atoms with E-state index in [-0.39, 0.29) is 0 Å². The van der Waals surface area contributed by atoms with Crippen molar-refractivity contribution in [3.63, 3.8) is 0 Å². The molecule has 2 N–H and O–H groups in total. The second-order valence-electron chi connectivity index (χ2n) is 3.99. The molecule has 0 aliphatic heterocycles. The van der Waals surface area contributed by atoms with Crippen molar-refractivity contribution in [2.45, 2.75) is 20.3 Å². The molecule has 0 bridgehead atoms. The fourth-order valence-corrected chi connectivity index (χ4v) is 2.59. The minimum atomic E-state index is 0.294. The number of nitrogens with zero attached hydrogens (tertiary/aromatic N) is 2. The highest BCUT2D eigenvalue weighted by Gasteiger charge is 2.21. The Kier molecular flexibility index (Phi) is 6.40. The van der Waals surface area contributed by atoms with Crippen molar-refractivity contribution in [2.24, 2.45) is 11.3 Å². The molecule has 0 radical (unpaired) electrons. The summed E-state index contributed by atoms with van der Waals surface area (Å²) >= 11 is 2.40. The maximum Gasteiger partial charge on any atom is 0.0310 e. The second-order valence-corrected chi connectivity index (χ2v) is 5.07. The molecule has 0 spiro atoms. The Balaban J connectivity index is 3.94. The van der Waals surface area contributed by atoms with Crippen LogP contribution in [0.4, 0.5) is 0 Å². The molecule has 13 heavy (non-hydrogen) atoms. The van der Waals surface area contributed by atoms with Gasteiger partial charge in [0.25, 0.3) is 0 Å². The van der Waals surface area contributed by atoms with Crippen LogP contribution in [0.2, 0.25) is 0 Å². The minimum Gasteiger partial charge on any atom is -0.220 e. The van der Waals surface area contributed by atoms with Crippen LogP contribution < -0.4 is 5.90 Å². The van der Waals surface area contributed by atoms with Crippen LogP contribution in [0.3, 0.4) is 0 Å². The molecule has 0 aliphatic carbocycles. The van der Waals surface area contributed by atoms with Crippen LogP contribution in [0.25, 0.3) is 0 Å². The van der Waals surface area contributed by atoms with Crippen LogP contribution in [0.5, 0.6) is 0 Å². The van der Waals surface area contributed by atoms with E-state index in [1.807, 2.05) is 12.1 Å². The van der Waals surface area contributed by atoms with Gasteiger partial charge in [-0.25, -0.2) is 5.01 Å². The molecule has 0 amide bonds. The zero-order valence-corrected chi connectivity index (χ0v) is 11.0. The van der Waals surface area contributed by atoms with E-state index in [1.165, 1.54) is 16.0 Å². The molecule has 0 aliphatic rings. The first-order valence-corrected chi connectivity index (χ1v) is 5.83. The Morgan fingerprint density at radius 3 is 2.31 bits per heavy atom. The highest BCUT2D eigenvalue weighted by molar-refractivity contribution is 14.1. The molecule has 4 nitrogen and oxygen atoms in total. The van der Waals surface area contributed by atoms with Gasteiger partial charge in [-0.1, -0.05) is 36.4 Å². The van der Waals surface area contributed by atoms with E-state index in [2.05, 4.69) is 41.4 Å². The SMILES string of the molecule is CN(CC(C)(C)CCI)N(C)ON. The van der Waals surface area contributed by atoms with Gasteiger partial charge in [0.1, 0.15) is 0 Å². The molecule has 0 heterocycles. The van der Waals surface area contributed by atoms with Gasteiger partial charge < -0.3 is 0 Å². The summed E-state index contributed by atoms with van der Waals surface area (Å²) in [5, 5.41) is 3.50. The van der Waals surface area contributed by atoms with Gasteiger partial charge >= 0.3 is 0 Å². The van der Waals surface area contributed by atoms with Crippen LogP contribution in [-0.4, -0.2) is 35.2 Å². The van der Waals surface area contributed by atoms with Gasteiger partial charge in [-0.3, -0.25) is 0 Å². The van der Waals surface area contributed by atoms with E-state index in [0.717, 1.165) is 6.54 Å². The molecule has 0 aromatic rings. The van der Waals surface area contributed by atoms with Gasteiger partial charge in [0.05, 0.1) is 0 Å². The van der Waals surface area contributed by atoms with Gasteiger partial charge in [-0.15, -0.1) is 5.17 Å². The van der Waals surface area contributed by atoms with E-state index < -0.39 is 0 Å². The Hall–Kier alpha value is 0.570. The summed E-state index contributed by atoms with van der Waals surface area (Å²) in [6.45, 7) is 5.42. The quantitative estimate of drug-likeness (QED) is 0.458. The van der Waals surface area contributed by atoms with Crippen molar-refractivity contribution in [1.29, 1.82) is 0 Å². The normalized spacial score (nSPS) is 12.9. The Morgan fingerprint density at radius 2 is 1.92 bits per heavy atom. The lowest BCUT2D eigenvalue weighted by Gasteiger charge is -2.33. The zero-order valence-electron chi connectivity index (χ0n) is 8.88. The molecular weight excluding hydrogens is 281 g/mol. The zero-order chi connectivity index (χ0) is 10.5. The van der Waals surface area contributed by atoms with Crippen LogP contribution in [-0.2, 0) is 4.94 Å². The number of hydrogen-bond donors (Lipinski definition) is 1. The van der Waals surface area contributed by atoms with Crippen LogP contribution in [0.15, 0.2) is 0 Å². The Bertz CT molecular complexity index is 143. The number of hydrogen-bond acceptors (Lipinski definition) is 4. The number of hydroxylamine groups is 1. The number of rotatable bonds is 6. The summed E-state index contributed by atoms with van der Waals surface area (Å²) in [4.78, 5) is 4.59. The maximum absolute atomic E-state index is 5.05. The van der Waals surface area contributed by atoms with E-state index >= 15 is 0 Å². The molecule has 80 valence electrons. The van der Waals surface area contributed by atoms with Crippen molar-refractivity contribution in [3.8, 4) is 0 Å². The molecule has 0 atom stereocenters. The smallest absolute Gasteiger partial charge is 0.0310 e. The highest BCUT2D eigenvalue weighted by atomic mass is 127. The van der Waals surface area contributed by atoms with Gasteiger partial charge in [0.15, 0.2) is 0 Å². The van der Waals surface area contributed by atoms with E-state index in [0.29, 0.717) is 5.41 Å². The molecule has 5 heteroatoms. The summed E-state index contributed by atoms with van der Waals surface area (Å²) < 4.78 is 1.17. The van der Waals surface area contributed by atoms with Crippen LogP contribution in [0, 0.1) is 5.41 Å². The van der Waals surface area contributed by atoms with Crippen molar-refractivity contribution in [2.75, 3.05) is 25.1 Å². The van der Waals surface area contributed by atoms with Crippen molar-refractivity contribution in [3.05, 3.63) is 0 Å². The number of hydrazine groups is 1. The topological polar surface area (TPSA) is 41.7 Å². The Morgan fingerprint density at radius 1 is 1.38 bits per heavy atom. The summed E-state index contributed by atoms with van der Waals surface area (Å²) in [7, 11) is 3.75. The minimum absolute atomic E-state index is 0.294. The summed E-state index contributed by atoms with van der Waals surface area (Å²) in [5.41, 5.74) is 0.294. The lowest BCUT2D eigenvalue weighted by Crippen LogP contribution is -2.43. The average molecular weight is 301 g/mol.